The van der Waals surface area contributed by atoms with Crippen LogP contribution in [-0.4, -0.2) is 35.8 Å². The Kier molecular flexibility index (Phi) is 6.85. The number of amides is 2. The van der Waals surface area contributed by atoms with Gasteiger partial charge in [-0.2, -0.15) is 0 Å². The lowest BCUT2D eigenvalue weighted by atomic mass is 9.85. The lowest BCUT2D eigenvalue weighted by molar-refractivity contribution is -0.120. The van der Waals surface area contributed by atoms with Crippen LogP contribution in [0.25, 0.3) is 0 Å². The van der Waals surface area contributed by atoms with Crippen LogP contribution in [0.5, 0.6) is 0 Å². The van der Waals surface area contributed by atoms with E-state index in [1.165, 1.54) is 0 Å². The minimum absolute atomic E-state index is 0. The van der Waals surface area contributed by atoms with Gasteiger partial charge in [-0.3, -0.25) is 9.59 Å². The van der Waals surface area contributed by atoms with Crippen molar-refractivity contribution in [2.24, 2.45) is 11.7 Å². The molecule has 1 aliphatic heterocycles. The van der Waals surface area contributed by atoms with Crippen LogP contribution < -0.4 is 11.1 Å². The number of nitrogens with one attached hydrogen (secondary N) is 1. The molecule has 1 aliphatic carbocycles. The lowest BCUT2D eigenvalue weighted by Crippen LogP contribution is -2.35. The molecule has 2 fully saturated rings. The first kappa shape index (κ1) is 19.7. The van der Waals surface area contributed by atoms with Gasteiger partial charge < -0.3 is 16.0 Å². The maximum absolute atomic E-state index is 12.9. The molecule has 5 nitrogen and oxygen atoms in total. The maximum atomic E-state index is 12.9. The van der Waals surface area contributed by atoms with Crippen LogP contribution in [-0.2, 0) is 4.79 Å². The first-order valence-electron chi connectivity index (χ1n) is 9.01. The topological polar surface area (TPSA) is 75.4 Å². The molecule has 6 heteroatoms. The fraction of sp³-hybridized carbons (Fsp3) is 0.579. The van der Waals surface area contributed by atoms with E-state index in [2.05, 4.69) is 5.32 Å². The summed E-state index contributed by atoms with van der Waals surface area (Å²) in [6.07, 6.45) is 5.70. The van der Waals surface area contributed by atoms with Gasteiger partial charge in [0.1, 0.15) is 0 Å². The highest BCUT2D eigenvalue weighted by Gasteiger charge is 2.28. The van der Waals surface area contributed by atoms with Crippen molar-refractivity contribution in [1.82, 2.24) is 4.90 Å². The van der Waals surface area contributed by atoms with E-state index in [4.69, 9.17) is 5.73 Å². The molecule has 1 aromatic carbocycles. The van der Waals surface area contributed by atoms with E-state index in [0.29, 0.717) is 11.3 Å². The number of hydrogen-bond acceptors (Lipinski definition) is 3. The Bertz CT molecular complexity index is 629. The van der Waals surface area contributed by atoms with Crippen molar-refractivity contribution in [2.75, 3.05) is 18.4 Å². The Morgan fingerprint density at radius 2 is 1.88 bits per heavy atom. The van der Waals surface area contributed by atoms with Crippen LogP contribution in [0, 0.1) is 12.8 Å². The summed E-state index contributed by atoms with van der Waals surface area (Å²) in [7, 11) is 0. The summed E-state index contributed by atoms with van der Waals surface area (Å²) in [5, 5.41) is 3.00. The summed E-state index contributed by atoms with van der Waals surface area (Å²) in [6.45, 7) is 3.53. The smallest absolute Gasteiger partial charge is 0.256 e. The summed E-state index contributed by atoms with van der Waals surface area (Å²) in [5.41, 5.74) is 8.18. The van der Waals surface area contributed by atoms with Crippen molar-refractivity contribution in [3.05, 3.63) is 29.3 Å². The molecule has 0 radical (unpaired) electrons. The molecule has 25 heavy (non-hydrogen) atoms. The number of anilines is 1. The SMILES string of the molecule is Cc1cccc(NC(=O)C2CCCC(N)C2)c1C(=O)N1CCCC1.Cl. The van der Waals surface area contributed by atoms with Gasteiger partial charge in [-0.05, 0) is 50.7 Å². The number of nitrogens with two attached hydrogens (primary N) is 1. The predicted molar refractivity (Wildman–Crippen MR) is 102 cm³/mol. The monoisotopic (exact) mass is 365 g/mol. The van der Waals surface area contributed by atoms with Gasteiger partial charge in [-0.15, -0.1) is 12.4 Å². The predicted octanol–water partition coefficient (Wildman–Crippen LogP) is 3.11. The molecule has 0 bridgehead atoms. The summed E-state index contributed by atoms with van der Waals surface area (Å²) in [5.74, 6) is -0.0310. The van der Waals surface area contributed by atoms with E-state index >= 15 is 0 Å². The fourth-order valence-electron chi connectivity index (χ4n) is 3.83. The first-order valence-corrected chi connectivity index (χ1v) is 9.01. The second-order valence-electron chi connectivity index (χ2n) is 7.11. The van der Waals surface area contributed by atoms with Crippen molar-refractivity contribution >= 4 is 29.9 Å². The van der Waals surface area contributed by atoms with E-state index in [-0.39, 0.29) is 36.2 Å². The largest absolute Gasteiger partial charge is 0.339 e. The van der Waals surface area contributed by atoms with E-state index in [0.717, 1.165) is 57.2 Å². The normalized spacial score (nSPS) is 23.0. The molecule has 2 atom stereocenters. The van der Waals surface area contributed by atoms with Crippen LogP contribution in [0.15, 0.2) is 18.2 Å². The van der Waals surface area contributed by atoms with Crippen LogP contribution in [0.2, 0.25) is 0 Å². The Morgan fingerprint density at radius 3 is 2.56 bits per heavy atom. The maximum Gasteiger partial charge on any atom is 0.256 e. The third kappa shape index (κ3) is 4.53. The van der Waals surface area contributed by atoms with Crippen LogP contribution in [0.3, 0.4) is 0 Å². The molecule has 1 aromatic rings. The molecule has 1 saturated carbocycles. The average molecular weight is 366 g/mol. The van der Waals surface area contributed by atoms with Gasteiger partial charge >= 0.3 is 0 Å². The number of likely N-dealkylation sites (tertiary alicyclic amines) is 1. The quantitative estimate of drug-likeness (QED) is 0.864. The highest BCUT2D eigenvalue weighted by molar-refractivity contribution is 6.05. The molecule has 1 heterocycles. The van der Waals surface area contributed by atoms with Crippen LogP contribution in [0.1, 0.15) is 54.4 Å². The molecular weight excluding hydrogens is 338 g/mol. The minimum Gasteiger partial charge on any atom is -0.339 e. The molecule has 0 aromatic heterocycles. The molecule has 3 rings (SSSR count). The molecule has 1 saturated heterocycles. The van der Waals surface area contributed by atoms with E-state index in [1.54, 1.807) is 0 Å². The van der Waals surface area contributed by atoms with Crippen LogP contribution in [0.4, 0.5) is 5.69 Å². The van der Waals surface area contributed by atoms with Crippen LogP contribution >= 0.6 is 12.4 Å². The Hall–Kier alpha value is -1.59. The summed E-state index contributed by atoms with van der Waals surface area (Å²) in [6, 6.07) is 5.75. The van der Waals surface area contributed by atoms with Gasteiger partial charge in [0, 0.05) is 25.0 Å². The zero-order valence-corrected chi connectivity index (χ0v) is 15.6. The molecular formula is C19H28ClN3O2. The molecule has 3 N–H and O–H groups in total. The Balaban J connectivity index is 0.00000225. The third-order valence-electron chi connectivity index (χ3n) is 5.22. The van der Waals surface area contributed by atoms with Crippen molar-refractivity contribution in [3.63, 3.8) is 0 Å². The summed E-state index contributed by atoms with van der Waals surface area (Å²) in [4.78, 5) is 27.4. The summed E-state index contributed by atoms with van der Waals surface area (Å²) < 4.78 is 0. The third-order valence-corrected chi connectivity index (χ3v) is 5.22. The number of nitrogens with zero attached hydrogens (tertiary/aromatic N) is 1. The molecule has 2 amide bonds. The fourth-order valence-corrected chi connectivity index (χ4v) is 3.83. The Labute approximate surface area is 155 Å². The number of benzene rings is 1. The second kappa shape index (κ2) is 8.68. The first-order chi connectivity index (χ1) is 11.6. The number of halogens is 1. The molecule has 2 unspecified atom stereocenters. The zero-order valence-electron chi connectivity index (χ0n) is 14.8. The van der Waals surface area contributed by atoms with Crippen molar-refractivity contribution in [1.29, 1.82) is 0 Å². The van der Waals surface area contributed by atoms with Gasteiger partial charge in [0.2, 0.25) is 5.91 Å². The second-order valence-corrected chi connectivity index (χ2v) is 7.11. The number of hydrogen-bond donors (Lipinski definition) is 2. The van der Waals surface area contributed by atoms with E-state index in [1.807, 2.05) is 30.0 Å². The number of aryl methyl sites for hydroxylation is 1. The molecule has 138 valence electrons. The lowest BCUT2D eigenvalue weighted by Gasteiger charge is -2.26. The minimum atomic E-state index is -0.0519. The van der Waals surface area contributed by atoms with Gasteiger partial charge in [0.05, 0.1) is 11.3 Å². The highest BCUT2D eigenvalue weighted by atomic mass is 35.5. The van der Waals surface area contributed by atoms with Gasteiger partial charge in [-0.1, -0.05) is 18.6 Å². The van der Waals surface area contributed by atoms with E-state index < -0.39 is 0 Å². The molecule has 2 aliphatic rings. The zero-order chi connectivity index (χ0) is 17.1. The number of rotatable bonds is 3. The number of carbonyl (C=O) groups excluding carboxylic acids is 2. The van der Waals surface area contributed by atoms with Crippen molar-refractivity contribution < 1.29 is 9.59 Å². The van der Waals surface area contributed by atoms with E-state index in [9.17, 15) is 9.59 Å². The standard InChI is InChI=1S/C19H27N3O2.ClH/c1-13-6-4-9-16(17(13)19(24)22-10-2-3-11-22)21-18(23)14-7-5-8-15(20)12-14;/h4,6,9,14-15H,2-3,5,7-8,10-12,20H2,1H3,(H,21,23);1H. The number of carbonyl (C=O) groups is 2. The highest BCUT2D eigenvalue weighted by Crippen LogP contribution is 2.27. The Morgan fingerprint density at radius 1 is 1.16 bits per heavy atom. The average Bonchev–Trinajstić information content (AvgIpc) is 3.09. The van der Waals surface area contributed by atoms with Gasteiger partial charge in [0.15, 0.2) is 0 Å². The van der Waals surface area contributed by atoms with Gasteiger partial charge in [-0.25, -0.2) is 0 Å². The van der Waals surface area contributed by atoms with Crippen molar-refractivity contribution in [2.45, 2.75) is 51.5 Å². The van der Waals surface area contributed by atoms with Gasteiger partial charge in [0.25, 0.3) is 5.91 Å². The summed E-state index contributed by atoms with van der Waals surface area (Å²) >= 11 is 0. The van der Waals surface area contributed by atoms with Crippen molar-refractivity contribution in [3.8, 4) is 0 Å². The molecule has 0 spiro atoms.